The van der Waals surface area contributed by atoms with Crippen LogP contribution in [0.2, 0.25) is 0 Å². The van der Waals surface area contributed by atoms with E-state index >= 15 is 0 Å². The molecule has 1 aliphatic carbocycles. The summed E-state index contributed by atoms with van der Waals surface area (Å²) in [6, 6.07) is 5.72. The molecular formula is C15H20N2O2S2. The highest BCUT2D eigenvalue weighted by Crippen LogP contribution is 2.39. The predicted octanol–water partition coefficient (Wildman–Crippen LogP) is 3.85. The number of para-hydroxylation sites is 1. The summed E-state index contributed by atoms with van der Waals surface area (Å²) in [5.74, 6) is 0.805. The minimum atomic E-state index is -3.27. The summed E-state index contributed by atoms with van der Waals surface area (Å²) in [5.41, 5.74) is 1.54. The first-order valence-electron chi connectivity index (χ1n) is 7.35. The molecule has 1 heterocycles. The molecule has 114 valence electrons. The van der Waals surface area contributed by atoms with E-state index in [1.54, 1.807) is 12.1 Å². The predicted molar refractivity (Wildman–Crippen MR) is 86.9 cm³/mol. The molecule has 1 N–H and O–H groups in total. The number of hydrogen-bond donors (Lipinski definition) is 1. The number of H-pyrrole nitrogens is 1. The molecule has 1 aliphatic rings. The molecule has 1 atom stereocenters. The summed E-state index contributed by atoms with van der Waals surface area (Å²) in [6.45, 7) is 2.16. The Bertz CT molecular complexity index is 829. The number of hydrogen-bond acceptors (Lipinski definition) is 3. The smallest absolute Gasteiger partial charge is 0.178 e. The van der Waals surface area contributed by atoms with Crippen molar-refractivity contribution in [2.75, 3.05) is 6.26 Å². The fraction of sp³-hybridized carbons (Fsp3) is 0.533. The number of aromatic amines is 1. The number of sulfone groups is 1. The zero-order valence-electron chi connectivity index (χ0n) is 12.3. The molecule has 4 nitrogen and oxygen atoms in total. The third-order valence-corrected chi connectivity index (χ3v) is 5.69. The second-order valence-electron chi connectivity index (χ2n) is 5.96. The van der Waals surface area contributed by atoms with Crippen LogP contribution in [0.15, 0.2) is 23.1 Å². The molecule has 0 bridgehead atoms. The lowest BCUT2D eigenvalue weighted by molar-refractivity contribution is 0.434. The van der Waals surface area contributed by atoms with Gasteiger partial charge < -0.3 is 9.55 Å². The quantitative estimate of drug-likeness (QED) is 0.850. The standard InChI is InChI=1S/C15H20N2O2S2/c1-3-11(9-10-7-8-10)17-12-5-4-6-13(21(2,18)19)14(12)16-15(17)20/h4-6,10-11H,3,7-9H2,1-2H3,(H,16,20). The molecule has 0 saturated heterocycles. The molecule has 1 aromatic heterocycles. The van der Waals surface area contributed by atoms with Crippen LogP contribution in [0.25, 0.3) is 11.0 Å². The lowest BCUT2D eigenvalue weighted by Crippen LogP contribution is -2.09. The van der Waals surface area contributed by atoms with Crippen LogP contribution in [0.4, 0.5) is 0 Å². The van der Waals surface area contributed by atoms with E-state index in [2.05, 4.69) is 16.5 Å². The van der Waals surface area contributed by atoms with Crippen LogP contribution in [0.1, 0.15) is 38.6 Å². The van der Waals surface area contributed by atoms with Crippen molar-refractivity contribution < 1.29 is 8.42 Å². The van der Waals surface area contributed by atoms with Gasteiger partial charge >= 0.3 is 0 Å². The van der Waals surface area contributed by atoms with Crippen molar-refractivity contribution in [2.45, 2.75) is 43.5 Å². The van der Waals surface area contributed by atoms with Gasteiger partial charge in [-0.25, -0.2) is 8.42 Å². The number of nitrogens with zero attached hydrogens (tertiary/aromatic N) is 1. The number of fused-ring (bicyclic) bond motifs is 1. The summed E-state index contributed by atoms with van der Waals surface area (Å²) in [6.07, 6.45) is 5.97. The fourth-order valence-corrected chi connectivity index (χ4v) is 4.19. The third kappa shape index (κ3) is 2.79. The topological polar surface area (TPSA) is 54.9 Å². The largest absolute Gasteiger partial charge is 0.329 e. The molecule has 3 rings (SSSR count). The van der Waals surface area contributed by atoms with Gasteiger partial charge in [-0.15, -0.1) is 0 Å². The molecule has 1 fully saturated rings. The van der Waals surface area contributed by atoms with Gasteiger partial charge in [0.05, 0.1) is 15.9 Å². The zero-order chi connectivity index (χ0) is 15.2. The van der Waals surface area contributed by atoms with Gasteiger partial charge in [-0.1, -0.05) is 25.8 Å². The van der Waals surface area contributed by atoms with E-state index < -0.39 is 9.84 Å². The second kappa shape index (κ2) is 5.25. The Morgan fingerprint density at radius 2 is 2.14 bits per heavy atom. The van der Waals surface area contributed by atoms with Gasteiger partial charge in [-0.2, -0.15) is 0 Å². The summed E-state index contributed by atoms with van der Waals surface area (Å²) < 4.78 is 26.6. The van der Waals surface area contributed by atoms with Crippen molar-refractivity contribution in [3.8, 4) is 0 Å². The molecule has 0 aliphatic heterocycles. The Kier molecular flexibility index (Phi) is 3.69. The molecule has 0 radical (unpaired) electrons. The fourth-order valence-electron chi connectivity index (χ4n) is 2.99. The van der Waals surface area contributed by atoms with Crippen LogP contribution in [-0.2, 0) is 9.84 Å². The van der Waals surface area contributed by atoms with Gasteiger partial charge in [-0.05, 0) is 43.1 Å². The molecule has 1 saturated carbocycles. The van der Waals surface area contributed by atoms with Gasteiger partial charge in [0.2, 0.25) is 0 Å². The third-order valence-electron chi connectivity index (χ3n) is 4.25. The number of nitrogens with one attached hydrogen (secondary N) is 1. The van der Waals surface area contributed by atoms with Crippen molar-refractivity contribution in [1.29, 1.82) is 0 Å². The lowest BCUT2D eigenvalue weighted by atomic mass is 10.1. The van der Waals surface area contributed by atoms with Crippen molar-refractivity contribution >= 4 is 33.1 Å². The zero-order valence-corrected chi connectivity index (χ0v) is 13.9. The Hall–Kier alpha value is -1.14. The molecule has 21 heavy (non-hydrogen) atoms. The Morgan fingerprint density at radius 3 is 2.71 bits per heavy atom. The van der Waals surface area contributed by atoms with Crippen molar-refractivity contribution in [3.05, 3.63) is 23.0 Å². The SMILES string of the molecule is CCC(CC1CC1)n1c(=S)[nH]c2c(S(C)(=O)=O)cccc21. The first-order valence-corrected chi connectivity index (χ1v) is 9.65. The van der Waals surface area contributed by atoms with Crippen molar-refractivity contribution in [3.63, 3.8) is 0 Å². The number of aromatic nitrogens is 2. The maximum absolute atomic E-state index is 11.9. The van der Waals surface area contributed by atoms with Crippen LogP contribution in [0.3, 0.4) is 0 Å². The van der Waals surface area contributed by atoms with Gasteiger partial charge in [0.25, 0.3) is 0 Å². The van der Waals surface area contributed by atoms with Crippen LogP contribution in [0.5, 0.6) is 0 Å². The summed E-state index contributed by atoms with van der Waals surface area (Å²) in [5, 5.41) is 0. The van der Waals surface area contributed by atoms with Crippen molar-refractivity contribution in [1.82, 2.24) is 9.55 Å². The normalized spacial score (nSPS) is 17.2. The minimum Gasteiger partial charge on any atom is -0.329 e. The summed E-state index contributed by atoms with van der Waals surface area (Å²) in [7, 11) is -3.27. The molecule has 1 unspecified atom stereocenters. The van der Waals surface area contributed by atoms with E-state index in [9.17, 15) is 8.42 Å². The molecule has 0 spiro atoms. The molecular weight excluding hydrogens is 304 g/mol. The van der Waals surface area contributed by atoms with E-state index in [1.807, 2.05) is 6.07 Å². The summed E-state index contributed by atoms with van der Waals surface area (Å²) >= 11 is 5.46. The average molecular weight is 324 g/mol. The van der Waals surface area contributed by atoms with Crippen LogP contribution >= 0.6 is 12.2 Å². The Balaban J connectivity index is 2.19. The highest BCUT2D eigenvalue weighted by molar-refractivity contribution is 7.91. The second-order valence-corrected chi connectivity index (χ2v) is 8.33. The van der Waals surface area contributed by atoms with Gasteiger partial charge in [0.1, 0.15) is 0 Å². The maximum Gasteiger partial charge on any atom is 0.178 e. The highest BCUT2D eigenvalue weighted by atomic mass is 32.2. The molecule has 1 aromatic carbocycles. The maximum atomic E-state index is 11.9. The minimum absolute atomic E-state index is 0.325. The van der Waals surface area contributed by atoms with Gasteiger partial charge in [0.15, 0.2) is 14.6 Å². The number of rotatable bonds is 5. The Labute approximate surface area is 130 Å². The van der Waals surface area contributed by atoms with Gasteiger partial charge in [-0.3, -0.25) is 0 Å². The molecule has 6 heteroatoms. The van der Waals surface area contributed by atoms with E-state index in [0.717, 1.165) is 24.3 Å². The Morgan fingerprint density at radius 1 is 1.43 bits per heavy atom. The molecule has 2 aromatic rings. The van der Waals surface area contributed by atoms with Gasteiger partial charge in [0, 0.05) is 12.3 Å². The first kappa shape index (κ1) is 14.8. The average Bonchev–Trinajstić information content (AvgIpc) is 3.16. The van der Waals surface area contributed by atoms with Crippen LogP contribution in [0, 0.1) is 10.7 Å². The van der Waals surface area contributed by atoms with E-state index in [0.29, 0.717) is 21.2 Å². The van der Waals surface area contributed by atoms with E-state index in [4.69, 9.17) is 12.2 Å². The first-order chi connectivity index (χ1) is 9.91. The number of imidazole rings is 1. The monoisotopic (exact) mass is 324 g/mol. The molecule has 0 amide bonds. The van der Waals surface area contributed by atoms with Crippen molar-refractivity contribution in [2.24, 2.45) is 5.92 Å². The highest BCUT2D eigenvalue weighted by Gasteiger charge is 2.27. The van der Waals surface area contributed by atoms with E-state index in [-0.39, 0.29) is 0 Å². The van der Waals surface area contributed by atoms with E-state index in [1.165, 1.54) is 19.1 Å². The summed E-state index contributed by atoms with van der Waals surface area (Å²) in [4.78, 5) is 3.43. The number of benzene rings is 1. The van der Waals surface area contributed by atoms with Crippen LogP contribution < -0.4 is 0 Å². The lowest BCUT2D eigenvalue weighted by Gasteiger charge is -2.17. The van der Waals surface area contributed by atoms with Crippen LogP contribution in [-0.4, -0.2) is 24.2 Å².